The predicted molar refractivity (Wildman–Crippen MR) is 133 cm³/mol. The molecule has 4 rings (SSSR count). The van der Waals surface area contributed by atoms with E-state index in [0.29, 0.717) is 24.4 Å². The first-order valence-electron chi connectivity index (χ1n) is 12.5. The number of likely N-dealkylation sites (N-methyl/N-ethyl adjacent to an activating group) is 1. The third-order valence-electron chi connectivity index (χ3n) is 7.09. The van der Waals surface area contributed by atoms with Gasteiger partial charge < -0.3 is 15.3 Å². The molecule has 0 spiro atoms. The number of hydrogen-bond acceptors (Lipinski definition) is 3. The number of hydrogen-bond donors (Lipinski definition) is 2. The molecule has 2 aromatic rings. The van der Waals surface area contributed by atoms with Gasteiger partial charge in [-0.25, -0.2) is 0 Å². The van der Waals surface area contributed by atoms with Gasteiger partial charge in [-0.15, -0.1) is 0 Å². The summed E-state index contributed by atoms with van der Waals surface area (Å²) in [5, 5.41) is 13.9. The van der Waals surface area contributed by atoms with E-state index in [2.05, 4.69) is 12.2 Å². The third kappa shape index (κ3) is 5.64. The van der Waals surface area contributed by atoms with E-state index in [1.807, 2.05) is 42.5 Å². The van der Waals surface area contributed by atoms with Crippen molar-refractivity contribution >= 4 is 23.2 Å². The Morgan fingerprint density at radius 1 is 1.12 bits per heavy atom. The van der Waals surface area contributed by atoms with Crippen LogP contribution in [-0.4, -0.2) is 30.1 Å². The van der Waals surface area contributed by atoms with Crippen LogP contribution in [0, 0.1) is 11.8 Å². The fraction of sp³-hybridized carbons (Fsp3) is 0.500. The molecule has 2 aliphatic rings. The number of carbonyl (C=O) groups excluding carboxylic acids is 2. The summed E-state index contributed by atoms with van der Waals surface area (Å²) in [5.41, 5.74) is 4.51. The van der Waals surface area contributed by atoms with Gasteiger partial charge in [0.15, 0.2) is 0 Å². The first-order chi connectivity index (χ1) is 16.0. The molecule has 1 saturated carbocycles. The second kappa shape index (κ2) is 10.5. The van der Waals surface area contributed by atoms with Crippen LogP contribution in [0.2, 0.25) is 0 Å². The van der Waals surface area contributed by atoms with Crippen LogP contribution in [0.15, 0.2) is 42.5 Å². The zero-order chi connectivity index (χ0) is 23.4. The quantitative estimate of drug-likeness (QED) is 0.468. The highest BCUT2D eigenvalue weighted by Crippen LogP contribution is 2.39. The van der Waals surface area contributed by atoms with Gasteiger partial charge in [0.1, 0.15) is 0 Å². The summed E-state index contributed by atoms with van der Waals surface area (Å²) in [5.74, 6) is 0.0722. The Balaban J connectivity index is 1.52. The van der Waals surface area contributed by atoms with Crippen molar-refractivity contribution in [2.75, 3.05) is 17.3 Å². The van der Waals surface area contributed by atoms with Gasteiger partial charge in [-0.05, 0) is 42.0 Å². The third-order valence-corrected chi connectivity index (χ3v) is 7.09. The minimum Gasteiger partial charge on any atom is -0.392 e. The van der Waals surface area contributed by atoms with Crippen LogP contribution in [0.1, 0.15) is 63.9 Å². The molecule has 2 amide bonds. The van der Waals surface area contributed by atoms with Crippen molar-refractivity contribution in [1.29, 1.82) is 0 Å². The van der Waals surface area contributed by atoms with E-state index in [0.717, 1.165) is 67.3 Å². The van der Waals surface area contributed by atoms with Gasteiger partial charge in [0.2, 0.25) is 11.8 Å². The number of nitrogens with one attached hydrogen (secondary N) is 1. The highest BCUT2D eigenvalue weighted by Gasteiger charge is 2.34. The molecule has 33 heavy (non-hydrogen) atoms. The van der Waals surface area contributed by atoms with Crippen molar-refractivity contribution in [3.05, 3.63) is 48.0 Å². The monoisotopic (exact) mass is 448 g/mol. The number of rotatable bonds is 10. The lowest BCUT2D eigenvalue weighted by atomic mass is 9.91. The predicted octanol–water partition coefficient (Wildman–Crippen LogP) is 5.56. The lowest BCUT2D eigenvalue weighted by molar-refractivity contribution is -0.124. The molecule has 0 radical (unpaired) electrons. The van der Waals surface area contributed by atoms with Crippen molar-refractivity contribution in [2.24, 2.45) is 11.8 Å². The molecule has 0 aromatic heterocycles. The minimum absolute atomic E-state index is 0.0267. The largest absolute Gasteiger partial charge is 0.392 e. The van der Waals surface area contributed by atoms with Gasteiger partial charge in [-0.2, -0.15) is 0 Å². The zero-order valence-corrected chi connectivity index (χ0v) is 19.8. The Morgan fingerprint density at radius 3 is 2.67 bits per heavy atom. The highest BCUT2D eigenvalue weighted by molar-refractivity contribution is 6.03. The number of nitrogens with zero attached hydrogens (tertiary/aromatic N) is 1. The Kier molecular flexibility index (Phi) is 7.49. The molecular weight excluding hydrogens is 412 g/mol. The first kappa shape index (κ1) is 23.5. The molecule has 1 aliphatic heterocycles. The number of fused-ring (bicyclic) bond motifs is 3. The Labute approximate surface area is 197 Å². The average molecular weight is 449 g/mol. The molecule has 2 unspecified atom stereocenters. The minimum atomic E-state index is -0.612. The topological polar surface area (TPSA) is 69.6 Å². The van der Waals surface area contributed by atoms with Crippen LogP contribution in [0.5, 0.6) is 0 Å². The fourth-order valence-electron chi connectivity index (χ4n) is 4.84. The molecule has 5 heteroatoms. The van der Waals surface area contributed by atoms with E-state index in [9.17, 15) is 14.7 Å². The smallest absolute Gasteiger partial charge is 0.231 e. The zero-order valence-electron chi connectivity index (χ0n) is 19.8. The number of benzene rings is 2. The van der Waals surface area contributed by atoms with Crippen molar-refractivity contribution < 1.29 is 14.7 Å². The Morgan fingerprint density at radius 2 is 1.91 bits per heavy atom. The molecule has 1 heterocycles. The van der Waals surface area contributed by atoms with Crippen LogP contribution in [0.25, 0.3) is 11.1 Å². The summed E-state index contributed by atoms with van der Waals surface area (Å²) in [7, 11) is 1.79. The summed E-state index contributed by atoms with van der Waals surface area (Å²) in [6, 6.07) is 13.7. The molecule has 2 aromatic carbocycles. The molecule has 2 N–H and O–H groups in total. The normalized spacial score (nSPS) is 17.1. The van der Waals surface area contributed by atoms with Crippen molar-refractivity contribution in [3.8, 4) is 11.1 Å². The molecule has 5 nitrogen and oxygen atoms in total. The van der Waals surface area contributed by atoms with Crippen LogP contribution in [0.3, 0.4) is 0 Å². The molecule has 1 aliphatic carbocycles. The van der Waals surface area contributed by atoms with Gasteiger partial charge in [0.25, 0.3) is 0 Å². The van der Waals surface area contributed by atoms with Gasteiger partial charge in [0, 0.05) is 18.3 Å². The lowest BCUT2D eigenvalue weighted by Crippen LogP contribution is -2.33. The summed E-state index contributed by atoms with van der Waals surface area (Å²) in [6.07, 6.45) is 7.83. The summed E-state index contributed by atoms with van der Waals surface area (Å²) in [6.45, 7) is 2.17. The number of anilines is 2. The second-order valence-corrected chi connectivity index (χ2v) is 9.71. The molecular formula is C28H36N2O3. The molecule has 0 saturated heterocycles. The number of unbranched alkanes of at least 4 members (excludes halogenated alkanes) is 3. The lowest BCUT2D eigenvalue weighted by Gasteiger charge is -2.23. The number of carbonyl (C=O) groups is 2. The van der Waals surface area contributed by atoms with Crippen LogP contribution < -0.4 is 10.2 Å². The van der Waals surface area contributed by atoms with E-state index in [1.54, 1.807) is 11.9 Å². The number of amides is 2. The Hall–Kier alpha value is -2.66. The standard InChI is InChI=1S/C28H36N2O3/c1-3-4-5-6-11-26(31)24(16-19-12-13-19)28(33)29-21-14-15-23-22-10-8-7-9-20(22)17-27(32)30(2)25(23)18-21/h7-10,14-15,18-19,24,26,31H,3-6,11-13,16-17H2,1-2H3,(H,29,33). The van der Waals surface area contributed by atoms with Gasteiger partial charge in [-0.3, -0.25) is 9.59 Å². The maximum Gasteiger partial charge on any atom is 0.231 e. The maximum atomic E-state index is 13.2. The fourth-order valence-corrected chi connectivity index (χ4v) is 4.84. The number of aliphatic hydroxyl groups excluding tert-OH is 1. The van der Waals surface area contributed by atoms with E-state index in [1.165, 1.54) is 0 Å². The summed E-state index contributed by atoms with van der Waals surface area (Å²) < 4.78 is 0. The first-order valence-corrected chi connectivity index (χ1v) is 12.5. The van der Waals surface area contributed by atoms with E-state index < -0.39 is 12.0 Å². The van der Waals surface area contributed by atoms with E-state index in [-0.39, 0.29) is 11.8 Å². The van der Waals surface area contributed by atoms with Gasteiger partial charge in [0.05, 0.1) is 24.1 Å². The van der Waals surface area contributed by atoms with Gasteiger partial charge in [-0.1, -0.05) is 75.8 Å². The molecule has 0 bridgehead atoms. The Bertz CT molecular complexity index is 998. The molecule has 1 fully saturated rings. The molecule has 2 atom stereocenters. The van der Waals surface area contributed by atoms with Crippen LogP contribution in [-0.2, 0) is 16.0 Å². The molecule has 176 valence electrons. The average Bonchev–Trinajstić information content (AvgIpc) is 3.64. The SMILES string of the molecule is CCCCCCC(O)C(CC1CC1)C(=O)Nc1ccc2c(c1)N(C)C(=O)Cc1ccccc1-2. The van der Waals surface area contributed by atoms with E-state index in [4.69, 9.17) is 0 Å². The van der Waals surface area contributed by atoms with Crippen LogP contribution >= 0.6 is 0 Å². The summed E-state index contributed by atoms with van der Waals surface area (Å²) in [4.78, 5) is 27.7. The van der Waals surface area contributed by atoms with Crippen molar-refractivity contribution in [2.45, 2.75) is 70.8 Å². The summed E-state index contributed by atoms with van der Waals surface area (Å²) >= 11 is 0. The number of aliphatic hydroxyl groups is 1. The van der Waals surface area contributed by atoms with Gasteiger partial charge >= 0.3 is 0 Å². The van der Waals surface area contributed by atoms with Crippen LogP contribution in [0.4, 0.5) is 11.4 Å². The van der Waals surface area contributed by atoms with E-state index >= 15 is 0 Å². The highest BCUT2D eigenvalue weighted by atomic mass is 16.3. The maximum absolute atomic E-state index is 13.2. The second-order valence-electron chi connectivity index (χ2n) is 9.71. The van der Waals surface area contributed by atoms with Crippen molar-refractivity contribution in [3.63, 3.8) is 0 Å². The van der Waals surface area contributed by atoms with Crippen molar-refractivity contribution in [1.82, 2.24) is 0 Å².